The number of carboxylic acid groups (broad SMARTS) is 1. The summed E-state index contributed by atoms with van der Waals surface area (Å²) in [5.41, 5.74) is 0. The number of likely N-dealkylation sites (tertiary alicyclic amines) is 1. The molecule has 4 nitrogen and oxygen atoms in total. The van der Waals surface area contributed by atoms with Gasteiger partial charge in [-0.15, -0.1) is 0 Å². The van der Waals surface area contributed by atoms with Crippen molar-refractivity contribution in [3.05, 3.63) is 0 Å². The first-order valence-electron chi connectivity index (χ1n) is 7.77. The Hall–Kier alpha value is -0.610. The molecule has 1 atom stereocenters. The molecule has 0 bridgehead atoms. The predicted octanol–water partition coefficient (Wildman–Crippen LogP) is 2.29. The van der Waals surface area contributed by atoms with Gasteiger partial charge in [0.1, 0.15) is 6.04 Å². The molecule has 1 fully saturated rings. The first-order valence-corrected chi connectivity index (χ1v) is 7.77. The van der Waals surface area contributed by atoms with E-state index in [9.17, 15) is 4.79 Å². The van der Waals surface area contributed by atoms with E-state index in [-0.39, 0.29) is 6.04 Å². The van der Waals surface area contributed by atoms with Gasteiger partial charge in [-0.2, -0.15) is 0 Å². The van der Waals surface area contributed by atoms with Crippen LogP contribution in [0.1, 0.15) is 46.5 Å². The number of carbonyl (C=O) groups is 1. The third-order valence-corrected chi connectivity index (χ3v) is 4.54. The molecule has 0 saturated carbocycles. The Morgan fingerprint density at radius 1 is 1.32 bits per heavy atom. The third-order valence-electron chi connectivity index (χ3n) is 4.54. The van der Waals surface area contributed by atoms with Crippen LogP contribution in [-0.2, 0) is 4.79 Å². The molecule has 1 rings (SSSR count). The highest BCUT2D eigenvalue weighted by Crippen LogP contribution is 2.23. The first-order chi connectivity index (χ1) is 9.08. The van der Waals surface area contributed by atoms with Crippen molar-refractivity contribution in [2.75, 3.05) is 32.7 Å². The van der Waals surface area contributed by atoms with E-state index in [1.807, 2.05) is 0 Å². The largest absolute Gasteiger partial charge is 0.480 e. The number of hydrogen-bond donors (Lipinski definition) is 1. The van der Waals surface area contributed by atoms with Gasteiger partial charge in [0.15, 0.2) is 0 Å². The average molecular weight is 270 g/mol. The highest BCUT2D eigenvalue weighted by molar-refractivity contribution is 5.72. The van der Waals surface area contributed by atoms with E-state index in [4.69, 9.17) is 5.11 Å². The molecule has 1 aliphatic rings. The van der Waals surface area contributed by atoms with E-state index in [2.05, 4.69) is 23.6 Å². The molecule has 0 amide bonds. The van der Waals surface area contributed by atoms with Gasteiger partial charge >= 0.3 is 5.97 Å². The maximum atomic E-state index is 10.9. The molecule has 0 radical (unpaired) electrons. The van der Waals surface area contributed by atoms with Crippen LogP contribution < -0.4 is 0 Å². The van der Waals surface area contributed by atoms with Crippen molar-refractivity contribution >= 4 is 5.97 Å². The lowest BCUT2D eigenvalue weighted by Crippen LogP contribution is -2.44. The lowest BCUT2D eigenvalue weighted by Gasteiger charge is -2.34. The van der Waals surface area contributed by atoms with Crippen LogP contribution in [0, 0.1) is 5.92 Å². The summed E-state index contributed by atoms with van der Waals surface area (Å²) in [5.74, 6) is 0.104. The fraction of sp³-hybridized carbons (Fsp3) is 0.933. The van der Waals surface area contributed by atoms with Crippen LogP contribution in [0.4, 0.5) is 0 Å². The van der Waals surface area contributed by atoms with Crippen molar-refractivity contribution in [1.82, 2.24) is 9.80 Å². The van der Waals surface area contributed by atoms with E-state index in [0.29, 0.717) is 0 Å². The highest BCUT2D eigenvalue weighted by atomic mass is 16.4. The van der Waals surface area contributed by atoms with Crippen molar-refractivity contribution in [1.29, 1.82) is 0 Å². The van der Waals surface area contributed by atoms with Gasteiger partial charge in [-0.05, 0) is 71.2 Å². The molecular weight excluding hydrogens is 240 g/mol. The number of aliphatic carboxylic acids is 1. The van der Waals surface area contributed by atoms with Gasteiger partial charge in [0.25, 0.3) is 0 Å². The lowest BCUT2D eigenvalue weighted by molar-refractivity contribution is -0.143. The lowest BCUT2D eigenvalue weighted by atomic mass is 9.91. The number of hydrogen-bond acceptors (Lipinski definition) is 3. The average Bonchev–Trinajstić information content (AvgIpc) is 2.43. The molecular formula is C15H30N2O2. The molecule has 0 aromatic rings. The summed E-state index contributed by atoms with van der Waals surface area (Å²) < 4.78 is 0. The molecule has 112 valence electrons. The van der Waals surface area contributed by atoms with Gasteiger partial charge in [-0.3, -0.25) is 9.69 Å². The maximum absolute atomic E-state index is 10.9. The predicted molar refractivity (Wildman–Crippen MR) is 78.4 cm³/mol. The number of nitrogens with zero attached hydrogens (tertiary/aromatic N) is 2. The van der Waals surface area contributed by atoms with Crippen molar-refractivity contribution < 1.29 is 9.90 Å². The third kappa shape index (κ3) is 5.49. The quantitative estimate of drug-likeness (QED) is 0.735. The number of carboxylic acids is 1. The molecule has 0 aromatic carbocycles. The van der Waals surface area contributed by atoms with Crippen LogP contribution in [0.15, 0.2) is 0 Å². The van der Waals surface area contributed by atoms with Crippen molar-refractivity contribution in [2.24, 2.45) is 5.92 Å². The molecule has 1 unspecified atom stereocenters. The minimum absolute atomic E-state index is 0.323. The van der Waals surface area contributed by atoms with Crippen LogP contribution in [-0.4, -0.2) is 59.6 Å². The zero-order valence-corrected chi connectivity index (χ0v) is 12.8. The monoisotopic (exact) mass is 270 g/mol. The molecule has 0 aromatic heterocycles. The second-order valence-corrected chi connectivity index (χ2v) is 5.66. The van der Waals surface area contributed by atoms with E-state index in [0.717, 1.165) is 44.9 Å². The smallest absolute Gasteiger partial charge is 0.320 e. The Bertz CT molecular complexity index is 259. The van der Waals surface area contributed by atoms with Gasteiger partial charge in [0.2, 0.25) is 0 Å². The molecule has 4 heteroatoms. The van der Waals surface area contributed by atoms with Crippen LogP contribution in [0.2, 0.25) is 0 Å². The second-order valence-electron chi connectivity index (χ2n) is 5.66. The maximum Gasteiger partial charge on any atom is 0.320 e. The Morgan fingerprint density at radius 2 is 1.89 bits per heavy atom. The Labute approximate surface area is 117 Å². The molecule has 1 aliphatic heterocycles. The Morgan fingerprint density at radius 3 is 2.37 bits per heavy atom. The topological polar surface area (TPSA) is 43.8 Å². The van der Waals surface area contributed by atoms with Crippen molar-refractivity contribution in [3.63, 3.8) is 0 Å². The summed E-state index contributed by atoms with van der Waals surface area (Å²) in [4.78, 5) is 15.5. The number of rotatable bonds is 8. The van der Waals surface area contributed by atoms with Gasteiger partial charge in [0, 0.05) is 0 Å². The number of piperidine rings is 1. The van der Waals surface area contributed by atoms with E-state index in [1.54, 1.807) is 6.92 Å². The zero-order valence-electron chi connectivity index (χ0n) is 12.8. The van der Waals surface area contributed by atoms with Crippen molar-refractivity contribution in [2.45, 2.75) is 52.5 Å². The van der Waals surface area contributed by atoms with E-state index >= 15 is 0 Å². The van der Waals surface area contributed by atoms with Crippen LogP contribution in [0.25, 0.3) is 0 Å². The summed E-state index contributed by atoms with van der Waals surface area (Å²) in [6.07, 6.45) is 4.90. The molecule has 1 N–H and O–H groups in total. The van der Waals surface area contributed by atoms with Gasteiger partial charge in [0.05, 0.1) is 0 Å². The molecule has 0 aliphatic carbocycles. The minimum atomic E-state index is -0.694. The van der Waals surface area contributed by atoms with Gasteiger partial charge < -0.3 is 10.0 Å². The second kappa shape index (κ2) is 8.54. The molecule has 1 heterocycles. The van der Waals surface area contributed by atoms with Crippen LogP contribution in [0.3, 0.4) is 0 Å². The minimum Gasteiger partial charge on any atom is -0.480 e. The summed E-state index contributed by atoms with van der Waals surface area (Å²) >= 11 is 0. The molecule has 1 saturated heterocycles. The van der Waals surface area contributed by atoms with Crippen molar-refractivity contribution in [3.8, 4) is 0 Å². The standard InChI is InChI=1S/C15H30N2O2/c1-4-16(5-2)10-6-7-14-8-11-17(12-9-14)13(3)15(18)19/h13-14H,4-12H2,1-3H3,(H,18,19). The van der Waals surface area contributed by atoms with Gasteiger partial charge in [-0.1, -0.05) is 13.8 Å². The van der Waals surface area contributed by atoms with E-state index in [1.165, 1.54) is 19.4 Å². The normalized spacial score (nSPS) is 19.8. The zero-order chi connectivity index (χ0) is 14.3. The van der Waals surface area contributed by atoms with Crippen LogP contribution in [0.5, 0.6) is 0 Å². The highest BCUT2D eigenvalue weighted by Gasteiger charge is 2.25. The summed E-state index contributed by atoms with van der Waals surface area (Å²) in [6, 6.07) is -0.323. The molecule has 19 heavy (non-hydrogen) atoms. The summed E-state index contributed by atoms with van der Waals surface area (Å²) in [6.45, 7) is 11.6. The van der Waals surface area contributed by atoms with Gasteiger partial charge in [-0.25, -0.2) is 0 Å². The summed E-state index contributed by atoms with van der Waals surface area (Å²) in [5, 5.41) is 9.01. The fourth-order valence-electron chi connectivity index (χ4n) is 2.93. The molecule has 0 spiro atoms. The summed E-state index contributed by atoms with van der Waals surface area (Å²) in [7, 11) is 0. The Kier molecular flexibility index (Phi) is 7.39. The Balaban J connectivity index is 2.18. The fourth-order valence-corrected chi connectivity index (χ4v) is 2.93. The first kappa shape index (κ1) is 16.4. The van der Waals surface area contributed by atoms with E-state index < -0.39 is 5.97 Å². The SMILES string of the molecule is CCN(CC)CCCC1CCN(C(C)C(=O)O)CC1. The van der Waals surface area contributed by atoms with Crippen LogP contribution >= 0.6 is 0 Å².